The number of nitrogens with two attached hydrogens (primary N) is 1. The van der Waals surface area contributed by atoms with Gasteiger partial charge < -0.3 is 5.73 Å². The molecule has 0 radical (unpaired) electrons. The first-order valence-electron chi connectivity index (χ1n) is 10.3. The molecule has 0 atom stereocenters. The van der Waals surface area contributed by atoms with Gasteiger partial charge in [-0.05, 0) is 12.8 Å². The van der Waals surface area contributed by atoms with Crippen LogP contribution in [0, 0.1) is 0 Å². The van der Waals surface area contributed by atoms with Crippen LogP contribution >= 0.6 is 0 Å². The molecule has 1 aromatic rings. The first kappa shape index (κ1) is 20.4. The van der Waals surface area contributed by atoms with Gasteiger partial charge in [-0.15, -0.1) is 0 Å². The van der Waals surface area contributed by atoms with Gasteiger partial charge in [0.25, 0.3) is 0 Å². The van der Waals surface area contributed by atoms with Gasteiger partial charge in [-0.1, -0.05) is 95.4 Å². The summed E-state index contributed by atoms with van der Waals surface area (Å²) < 4.78 is 0. The number of hydrogen-bond donors (Lipinski definition) is 1. The second kappa shape index (κ2) is 10.9. The Morgan fingerprint density at radius 1 is 0.692 bits per heavy atom. The van der Waals surface area contributed by atoms with Gasteiger partial charge in [0, 0.05) is 16.7 Å². The van der Waals surface area contributed by atoms with Crippen LogP contribution in [-0.2, 0) is 0 Å². The molecule has 0 amide bonds. The zero-order valence-electron chi connectivity index (χ0n) is 16.2. The highest BCUT2D eigenvalue weighted by Gasteiger charge is 2.29. The molecule has 142 valence electrons. The molecule has 3 heteroatoms. The summed E-state index contributed by atoms with van der Waals surface area (Å²) in [7, 11) is 0. The number of hydrogen-bond acceptors (Lipinski definition) is 3. The summed E-state index contributed by atoms with van der Waals surface area (Å²) in [5, 5.41) is 0. The van der Waals surface area contributed by atoms with Crippen LogP contribution < -0.4 is 5.73 Å². The van der Waals surface area contributed by atoms with Crippen molar-refractivity contribution in [1.82, 2.24) is 0 Å². The van der Waals surface area contributed by atoms with Gasteiger partial charge in [0.2, 0.25) is 5.78 Å². The predicted octanol–water partition coefficient (Wildman–Crippen LogP) is 5.98. The van der Waals surface area contributed by atoms with Gasteiger partial charge in [-0.25, -0.2) is 0 Å². The predicted molar refractivity (Wildman–Crippen MR) is 107 cm³/mol. The molecular formula is C23H33NO2. The largest absolute Gasteiger partial charge is 0.395 e. The summed E-state index contributed by atoms with van der Waals surface area (Å²) in [6.07, 6.45) is 14.5. The van der Waals surface area contributed by atoms with Crippen molar-refractivity contribution < 1.29 is 9.59 Å². The third kappa shape index (κ3) is 5.55. The highest BCUT2D eigenvalue weighted by Crippen LogP contribution is 2.27. The lowest BCUT2D eigenvalue weighted by molar-refractivity contribution is 0.0970. The number of carbonyl (C=O) groups excluding carboxylic acids is 2. The monoisotopic (exact) mass is 355 g/mol. The normalized spacial score (nSPS) is 14.0. The smallest absolute Gasteiger partial charge is 0.209 e. The number of ketones is 2. The van der Waals surface area contributed by atoms with Crippen molar-refractivity contribution in [2.45, 2.75) is 84.0 Å². The van der Waals surface area contributed by atoms with Crippen LogP contribution in [0.25, 0.3) is 0 Å². The Hall–Kier alpha value is -1.90. The summed E-state index contributed by atoms with van der Waals surface area (Å²) in [5.41, 5.74) is 7.59. The van der Waals surface area contributed by atoms with Crippen LogP contribution in [0.3, 0.4) is 0 Å². The Kier molecular flexibility index (Phi) is 8.60. The van der Waals surface area contributed by atoms with E-state index in [1.54, 1.807) is 24.3 Å². The van der Waals surface area contributed by atoms with Crippen LogP contribution in [0.1, 0.15) is 105 Å². The third-order valence-corrected chi connectivity index (χ3v) is 5.29. The Balaban J connectivity index is 1.66. The summed E-state index contributed by atoms with van der Waals surface area (Å²) in [6.45, 7) is 2.25. The highest BCUT2D eigenvalue weighted by molar-refractivity contribution is 6.26. The van der Waals surface area contributed by atoms with E-state index >= 15 is 0 Å². The molecule has 1 aliphatic rings. The van der Waals surface area contributed by atoms with Crippen molar-refractivity contribution in [3.05, 3.63) is 46.7 Å². The van der Waals surface area contributed by atoms with Gasteiger partial charge in [-0.2, -0.15) is 0 Å². The van der Waals surface area contributed by atoms with Crippen molar-refractivity contribution >= 4 is 11.6 Å². The lowest BCUT2D eigenvalue weighted by Crippen LogP contribution is -2.26. The standard InChI is InChI=1S/C23H33NO2/c1-2-3-4-5-6-7-8-9-10-11-12-17-20-21(24)23(26)19-16-14-13-15-18(19)22(20)25/h13-16H,2-12,17,24H2,1H3. The molecule has 0 spiro atoms. The molecule has 0 bridgehead atoms. The second-order valence-corrected chi connectivity index (χ2v) is 7.38. The van der Waals surface area contributed by atoms with Crippen LogP contribution in [0.2, 0.25) is 0 Å². The first-order chi connectivity index (χ1) is 12.7. The fourth-order valence-corrected chi connectivity index (χ4v) is 3.66. The fraction of sp³-hybridized carbons (Fsp3) is 0.565. The summed E-state index contributed by atoms with van der Waals surface area (Å²) >= 11 is 0. The maximum atomic E-state index is 12.6. The molecule has 0 aromatic heterocycles. The number of Topliss-reactive ketones (excluding diaryl/α,β-unsaturated/α-hetero) is 2. The zero-order valence-corrected chi connectivity index (χ0v) is 16.2. The van der Waals surface area contributed by atoms with E-state index < -0.39 is 0 Å². The van der Waals surface area contributed by atoms with Crippen LogP contribution in [0.15, 0.2) is 35.5 Å². The quantitative estimate of drug-likeness (QED) is 0.469. The van der Waals surface area contributed by atoms with Crippen molar-refractivity contribution in [2.24, 2.45) is 5.73 Å². The lowest BCUT2D eigenvalue weighted by atomic mass is 9.85. The van der Waals surface area contributed by atoms with Crippen LogP contribution in [0.5, 0.6) is 0 Å². The van der Waals surface area contributed by atoms with Crippen LogP contribution in [-0.4, -0.2) is 11.6 Å². The molecule has 0 aliphatic heterocycles. The minimum Gasteiger partial charge on any atom is -0.395 e. The molecule has 0 saturated heterocycles. The van der Waals surface area contributed by atoms with Gasteiger partial charge in [0.15, 0.2) is 5.78 Å². The first-order valence-corrected chi connectivity index (χ1v) is 10.3. The van der Waals surface area contributed by atoms with Gasteiger partial charge >= 0.3 is 0 Å². The molecule has 3 nitrogen and oxygen atoms in total. The number of benzene rings is 1. The summed E-state index contributed by atoms with van der Waals surface area (Å²) in [4.78, 5) is 24.9. The topological polar surface area (TPSA) is 60.2 Å². The van der Waals surface area contributed by atoms with E-state index in [0.717, 1.165) is 12.8 Å². The number of unbranched alkanes of at least 4 members (excludes halogenated alkanes) is 10. The fourth-order valence-electron chi connectivity index (χ4n) is 3.66. The van der Waals surface area contributed by atoms with E-state index in [-0.39, 0.29) is 17.3 Å². The van der Waals surface area contributed by atoms with E-state index in [2.05, 4.69) is 6.92 Å². The minimum absolute atomic E-state index is 0.0650. The Morgan fingerprint density at radius 3 is 1.69 bits per heavy atom. The second-order valence-electron chi connectivity index (χ2n) is 7.38. The van der Waals surface area contributed by atoms with Crippen molar-refractivity contribution in [1.29, 1.82) is 0 Å². The maximum Gasteiger partial charge on any atom is 0.209 e. The minimum atomic E-state index is -0.196. The summed E-state index contributed by atoms with van der Waals surface area (Å²) in [6, 6.07) is 6.97. The van der Waals surface area contributed by atoms with Crippen molar-refractivity contribution in [3.8, 4) is 0 Å². The third-order valence-electron chi connectivity index (χ3n) is 5.29. The SMILES string of the molecule is CCCCCCCCCCCCCC1=C(N)C(=O)c2ccccc2C1=O. The number of fused-ring (bicyclic) bond motifs is 1. The molecule has 1 aromatic carbocycles. The van der Waals surface area contributed by atoms with E-state index in [1.165, 1.54) is 57.8 Å². The van der Waals surface area contributed by atoms with Gasteiger partial charge in [-0.3, -0.25) is 9.59 Å². The van der Waals surface area contributed by atoms with E-state index in [1.807, 2.05) is 0 Å². The van der Waals surface area contributed by atoms with Crippen molar-refractivity contribution in [2.75, 3.05) is 0 Å². The summed E-state index contributed by atoms with van der Waals surface area (Å²) in [5.74, 6) is -0.261. The van der Waals surface area contributed by atoms with E-state index in [0.29, 0.717) is 23.1 Å². The number of rotatable bonds is 12. The molecule has 2 rings (SSSR count). The Labute approximate surface area is 158 Å². The highest BCUT2D eigenvalue weighted by atomic mass is 16.1. The molecule has 0 saturated carbocycles. The van der Waals surface area contributed by atoms with E-state index in [9.17, 15) is 9.59 Å². The molecular weight excluding hydrogens is 322 g/mol. The maximum absolute atomic E-state index is 12.6. The van der Waals surface area contributed by atoms with Crippen molar-refractivity contribution in [3.63, 3.8) is 0 Å². The lowest BCUT2D eigenvalue weighted by Gasteiger charge is -2.18. The number of carbonyl (C=O) groups is 2. The van der Waals surface area contributed by atoms with Gasteiger partial charge in [0.05, 0.1) is 5.70 Å². The Morgan fingerprint density at radius 2 is 1.15 bits per heavy atom. The average Bonchev–Trinajstić information content (AvgIpc) is 2.66. The van der Waals surface area contributed by atoms with E-state index in [4.69, 9.17) is 5.73 Å². The molecule has 0 unspecified atom stereocenters. The number of allylic oxidation sites excluding steroid dienone is 2. The molecule has 0 fully saturated rings. The zero-order chi connectivity index (χ0) is 18.8. The van der Waals surface area contributed by atoms with Crippen LogP contribution in [0.4, 0.5) is 0 Å². The molecule has 0 heterocycles. The molecule has 26 heavy (non-hydrogen) atoms. The molecule has 1 aliphatic carbocycles. The van der Waals surface area contributed by atoms with Gasteiger partial charge in [0.1, 0.15) is 0 Å². The Bertz CT molecular complexity index is 645. The average molecular weight is 356 g/mol. The molecule has 2 N–H and O–H groups in total.